The zero-order valence-electron chi connectivity index (χ0n) is 19.0. The third kappa shape index (κ3) is 4.59. The van der Waals surface area contributed by atoms with Crippen molar-refractivity contribution in [2.45, 2.75) is 59.4 Å². The van der Waals surface area contributed by atoms with E-state index in [2.05, 4.69) is 0 Å². The van der Waals surface area contributed by atoms with Gasteiger partial charge in [0.2, 0.25) is 5.78 Å². The summed E-state index contributed by atoms with van der Waals surface area (Å²) in [7, 11) is 0. The van der Waals surface area contributed by atoms with Crippen LogP contribution in [0.2, 0.25) is 0 Å². The lowest BCUT2D eigenvalue weighted by Gasteiger charge is -2.25. The molecule has 1 aliphatic rings. The number of hydrogen-bond donors (Lipinski definition) is 4. The molecular weight excluding hydrogens is 412 g/mol. The number of aliphatic hydroxyl groups is 2. The molecular formula is C25H30O7. The highest BCUT2D eigenvalue weighted by Gasteiger charge is 2.33. The minimum absolute atomic E-state index is 0.00375. The summed E-state index contributed by atoms with van der Waals surface area (Å²) in [5.41, 5.74) is 1.56. The highest BCUT2D eigenvalue weighted by molar-refractivity contribution is 6.15. The largest absolute Gasteiger partial charge is 0.508 e. The van der Waals surface area contributed by atoms with Crippen LogP contribution in [0.1, 0.15) is 60.3 Å². The molecule has 0 saturated carbocycles. The van der Waals surface area contributed by atoms with Gasteiger partial charge in [0.1, 0.15) is 36.4 Å². The molecule has 7 nitrogen and oxygen atoms in total. The number of aliphatic hydroxyl groups excluding tert-OH is 1. The predicted molar refractivity (Wildman–Crippen MR) is 120 cm³/mol. The monoisotopic (exact) mass is 442 g/mol. The minimum atomic E-state index is -1.40. The highest BCUT2D eigenvalue weighted by atomic mass is 16.5. The number of fused-ring (bicyclic) bond motifs is 2. The zero-order chi connectivity index (χ0) is 23.8. The number of aryl methyl sites for hydroxylation is 1. The molecule has 1 atom stereocenters. The van der Waals surface area contributed by atoms with Gasteiger partial charge in [-0.05, 0) is 64.3 Å². The average Bonchev–Trinajstić information content (AvgIpc) is 2.86. The molecule has 1 unspecified atom stereocenters. The highest BCUT2D eigenvalue weighted by Crippen LogP contribution is 2.44. The van der Waals surface area contributed by atoms with Crippen LogP contribution in [0, 0.1) is 6.92 Å². The lowest BCUT2D eigenvalue weighted by molar-refractivity contribution is -0.0664. The van der Waals surface area contributed by atoms with Gasteiger partial charge in [-0.15, -0.1) is 0 Å². The smallest absolute Gasteiger partial charge is 0.201 e. The molecule has 3 rings (SSSR count). The van der Waals surface area contributed by atoms with E-state index < -0.39 is 23.2 Å². The third-order valence-corrected chi connectivity index (χ3v) is 5.53. The molecule has 0 fully saturated rings. The maximum absolute atomic E-state index is 13.7. The SMILES string of the molecule is CC(C)=CCc1ccc(O)c2c1C(=O)c1c(O)c(OCC(O)C(C)(C)O)cc(C)c1OC2. The number of benzene rings is 2. The maximum atomic E-state index is 13.7. The van der Waals surface area contributed by atoms with Gasteiger partial charge in [0.15, 0.2) is 11.5 Å². The molecule has 172 valence electrons. The summed E-state index contributed by atoms with van der Waals surface area (Å²) in [4.78, 5) is 13.7. The molecule has 0 radical (unpaired) electrons. The van der Waals surface area contributed by atoms with Gasteiger partial charge < -0.3 is 29.9 Å². The van der Waals surface area contributed by atoms with E-state index in [0.29, 0.717) is 28.7 Å². The lowest BCUT2D eigenvalue weighted by Crippen LogP contribution is -2.40. The van der Waals surface area contributed by atoms with E-state index in [1.807, 2.05) is 19.9 Å². The Morgan fingerprint density at radius 1 is 1.25 bits per heavy atom. The molecule has 0 spiro atoms. The van der Waals surface area contributed by atoms with Crippen molar-refractivity contribution >= 4 is 5.78 Å². The number of carbonyl (C=O) groups is 1. The van der Waals surface area contributed by atoms with Gasteiger partial charge in [-0.1, -0.05) is 17.7 Å². The summed E-state index contributed by atoms with van der Waals surface area (Å²) in [5, 5.41) is 41.3. The summed E-state index contributed by atoms with van der Waals surface area (Å²) >= 11 is 0. The van der Waals surface area contributed by atoms with Crippen LogP contribution in [-0.4, -0.2) is 44.5 Å². The predicted octanol–water partition coefficient (Wildman–Crippen LogP) is 3.55. The van der Waals surface area contributed by atoms with Crippen molar-refractivity contribution in [2.24, 2.45) is 0 Å². The Morgan fingerprint density at radius 2 is 1.94 bits per heavy atom. The molecule has 0 aromatic heterocycles. The molecule has 1 heterocycles. The quantitative estimate of drug-likeness (QED) is 0.506. The van der Waals surface area contributed by atoms with E-state index >= 15 is 0 Å². The van der Waals surface area contributed by atoms with E-state index in [4.69, 9.17) is 9.47 Å². The van der Waals surface area contributed by atoms with Crippen LogP contribution in [0.3, 0.4) is 0 Å². The Kier molecular flexibility index (Phi) is 6.53. The van der Waals surface area contributed by atoms with Crippen LogP contribution in [0.5, 0.6) is 23.0 Å². The van der Waals surface area contributed by atoms with Gasteiger partial charge in [0, 0.05) is 11.1 Å². The van der Waals surface area contributed by atoms with Gasteiger partial charge >= 0.3 is 0 Å². The number of aromatic hydroxyl groups is 2. The topological polar surface area (TPSA) is 116 Å². The summed E-state index contributed by atoms with van der Waals surface area (Å²) in [6, 6.07) is 4.75. The van der Waals surface area contributed by atoms with Gasteiger partial charge in [0.05, 0.1) is 5.60 Å². The molecule has 0 saturated heterocycles. The number of phenolic OH excluding ortho intramolecular Hbond substituents is 2. The molecule has 32 heavy (non-hydrogen) atoms. The van der Waals surface area contributed by atoms with Crippen molar-refractivity contribution in [1.29, 1.82) is 0 Å². The Balaban J connectivity index is 2.10. The van der Waals surface area contributed by atoms with Crippen LogP contribution in [0.25, 0.3) is 0 Å². The van der Waals surface area contributed by atoms with E-state index in [-0.39, 0.29) is 36.0 Å². The van der Waals surface area contributed by atoms with E-state index in [9.17, 15) is 25.2 Å². The second-order valence-electron chi connectivity index (χ2n) is 8.93. The second kappa shape index (κ2) is 8.84. The fourth-order valence-electron chi connectivity index (χ4n) is 3.51. The van der Waals surface area contributed by atoms with Crippen molar-refractivity contribution in [1.82, 2.24) is 0 Å². The van der Waals surface area contributed by atoms with Crippen LogP contribution in [-0.2, 0) is 13.0 Å². The molecule has 7 heteroatoms. The zero-order valence-corrected chi connectivity index (χ0v) is 19.0. The maximum Gasteiger partial charge on any atom is 0.201 e. The normalized spacial score (nSPS) is 14.0. The molecule has 0 amide bonds. The fourth-order valence-corrected chi connectivity index (χ4v) is 3.51. The first kappa shape index (κ1) is 23.6. The van der Waals surface area contributed by atoms with Crippen molar-refractivity contribution in [3.05, 3.63) is 57.7 Å². The van der Waals surface area contributed by atoms with Gasteiger partial charge in [-0.2, -0.15) is 0 Å². The van der Waals surface area contributed by atoms with E-state index in [1.165, 1.54) is 19.9 Å². The van der Waals surface area contributed by atoms with Crippen molar-refractivity contribution < 1.29 is 34.7 Å². The van der Waals surface area contributed by atoms with Gasteiger partial charge in [-0.3, -0.25) is 4.79 Å². The molecule has 0 bridgehead atoms. The van der Waals surface area contributed by atoms with Crippen LogP contribution < -0.4 is 9.47 Å². The van der Waals surface area contributed by atoms with Gasteiger partial charge in [0.25, 0.3) is 0 Å². The Hall–Kier alpha value is -3.03. The average molecular weight is 443 g/mol. The first-order valence-corrected chi connectivity index (χ1v) is 10.5. The summed E-state index contributed by atoms with van der Waals surface area (Å²) in [6.45, 7) is 8.20. The van der Waals surface area contributed by atoms with Crippen LogP contribution >= 0.6 is 0 Å². The first-order valence-electron chi connectivity index (χ1n) is 10.5. The molecule has 1 aliphatic heterocycles. The first-order chi connectivity index (χ1) is 14.9. The minimum Gasteiger partial charge on any atom is -0.508 e. The second-order valence-corrected chi connectivity index (χ2v) is 8.93. The Labute approximate surface area is 187 Å². The molecule has 0 aliphatic carbocycles. The number of allylic oxidation sites excluding steroid dienone is 2. The van der Waals surface area contributed by atoms with E-state index in [1.54, 1.807) is 19.1 Å². The summed E-state index contributed by atoms with van der Waals surface area (Å²) < 4.78 is 11.4. The number of ketones is 1. The Bertz CT molecular complexity index is 1070. The molecule has 4 N–H and O–H groups in total. The summed E-state index contributed by atoms with van der Waals surface area (Å²) in [5.74, 6) is -0.732. The summed E-state index contributed by atoms with van der Waals surface area (Å²) in [6.07, 6.45) is 1.26. The number of ether oxygens (including phenoxy) is 2. The van der Waals surface area contributed by atoms with Crippen LogP contribution in [0.15, 0.2) is 29.8 Å². The van der Waals surface area contributed by atoms with Gasteiger partial charge in [-0.25, -0.2) is 0 Å². The fraction of sp³-hybridized carbons (Fsp3) is 0.400. The molecule has 2 aromatic rings. The van der Waals surface area contributed by atoms with E-state index in [0.717, 1.165) is 5.57 Å². The standard InChI is InChI=1S/C25H30O7/c1-13(2)6-7-15-8-9-17(26)16-11-32-24-14(3)10-18(31-12-19(27)25(4,5)30)22(28)21(24)23(29)20(15)16/h6,8-10,19,26-28,30H,7,11-12H2,1-5H3. The third-order valence-electron chi connectivity index (χ3n) is 5.53. The Morgan fingerprint density at radius 3 is 2.56 bits per heavy atom. The van der Waals surface area contributed by atoms with Crippen molar-refractivity contribution in [3.8, 4) is 23.0 Å². The number of carbonyl (C=O) groups excluding carboxylic acids is 1. The number of phenols is 2. The number of hydrogen-bond acceptors (Lipinski definition) is 7. The lowest BCUT2D eigenvalue weighted by atomic mass is 9.90. The van der Waals surface area contributed by atoms with Crippen LogP contribution in [0.4, 0.5) is 0 Å². The van der Waals surface area contributed by atoms with Crippen molar-refractivity contribution in [3.63, 3.8) is 0 Å². The molecule has 2 aromatic carbocycles. The van der Waals surface area contributed by atoms with Crippen molar-refractivity contribution in [2.75, 3.05) is 6.61 Å². The number of rotatable bonds is 6.